The van der Waals surface area contributed by atoms with Crippen LogP contribution >= 0.6 is 24.0 Å². The number of likely N-dealkylation sites (tertiary alicyclic amines) is 1. The van der Waals surface area contributed by atoms with Gasteiger partial charge in [0.2, 0.25) is 5.91 Å². The maximum atomic E-state index is 11.9. The monoisotopic (exact) mass is 547 g/mol. The second-order valence-corrected chi connectivity index (χ2v) is 8.37. The number of rotatable bonds is 7. The number of guanidine groups is 1. The number of carbonyl (C=O) groups is 1. The Morgan fingerprint density at radius 2 is 1.78 bits per heavy atom. The minimum Gasteiger partial charge on any atom is -0.355 e. The van der Waals surface area contributed by atoms with E-state index in [0.29, 0.717) is 19.0 Å². The summed E-state index contributed by atoms with van der Waals surface area (Å²) >= 11 is 0. The molecular weight excluding hydrogens is 513 g/mol. The third kappa shape index (κ3) is 6.45. The smallest absolute Gasteiger partial charge is 0.227 e. The minimum atomic E-state index is 0. The van der Waals surface area contributed by atoms with Crippen LogP contribution in [0.1, 0.15) is 36.8 Å². The van der Waals surface area contributed by atoms with Crippen LogP contribution in [-0.2, 0) is 17.9 Å². The molecule has 32 heavy (non-hydrogen) atoms. The molecule has 2 aromatic carbocycles. The predicted molar refractivity (Wildman–Crippen MR) is 142 cm³/mol. The standard InChI is InChI=1S/C25H33N5O.HI/c1-26-25(27-17-20-11-13-22(14-12-20)30-16-6-10-24(30)31)28-18-23-9-5-15-29(23)19-21-7-3-2-4-8-21;/h2-4,7-8,11-14,23H,5-6,9-10,15-19H2,1H3,(H2,26,27,28);1H. The number of halogens is 1. The summed E-state index contributed by atoms with van der Waals surface area (Å²) in [4.78, 5) is 20.7. The van der Waals surface area contributed by atoms with E-state index in [1.54, 1.807) is 0 Å². The van der Waals surface area contributed by atoms with Gasteiger partial charge < -0.3 is 15.5 Å². The zero-order chi connectivity index (χ0) is 21.5. The zero-order valence-electron chi connectivity index (χ0n) is 18.8. The molecular formula is C25H34IN5O. The van der Waals surface area contributed by atoms with E-state index in [-0.39, 0.29) is 29.9 Å². The predicted octanol–water partition coefficient (Wildman–Crippen LogP) is 3.76. The topological polar surface area (TPSA) is 60.0 Å². The van der Waals surface area contributed by atoms with Crippen LogP contribution < -0.4 is 15.5 Å². The van der Waals surface area contributed by atoms with Crippen LogP contribution in [0, 0.1) is 0 Å². The maximum Gasteiger partial charge on any atom is 0.227 e. The Kier molecular flexibility index (Phi) is 9.35. The van der Waals surface area contributed by atoms with Crippen LogP contribution in [-0.4, -0.2) is 49.5 Å². The molecule has 7 heteroatoms. The van der Waals surface area contributed by atoms with Gasteiger partial charge in [0.1, 0.15) is 0 Å². The highest BCUT2D eigenvalue weighted by molar-refractivity contribution is 14.0. The van der Waals surface area contributed by atoms with Crippen LogP contribution in [0.4, 0.5) is 5.69 Å². The van der Waals surface area contributed by atoms with Gasteiger partial charge in [0, 0.05) is 51.4 Å². The summed E-state index contributed by atoms with van der Waals surface area (Å²) in [6.45, 7) is 4.58. The first-order chi connectivity index (χ1) is 15.2. The number of nitrogens with zero attached hydrogens (tertiary/aromatic N) is 3. The van der Waals surface area contributed by atoms with Gasteiger partial charge in [0.15, 0.2) is 5.96 Å². The van der Waals surface area contributed by atoms with Gasteiger partial charge in [-0.25, -0.2) is 0 Å². The Balaban J connectivity index is 0.00000289. The Bertz CT molecular complexity index is 887. The average molecular weight is 547 g/mol. The van der Waals surface area contributed by atoms with Crippen molar-refractivity contribution in [3.05, 3.63) is 65.7 Å². The van der Waals surface area contributed by atoms with Crippen LogP contribution in [0.15, 0.2) is 59.6 Å². The van der Waals surface area contributed by atoms with Gasteiger partial charge in [-0.1, -0.05) is 42.5 Å². The number of aliphatic imine (C=N–C) groups is 1. The molecule has 0 bridgehead atoms. The molecule has 2 N–H and O–H groups in total. The molecule has 1 unspecified atom stereocenters. The highest BCUT2D eigenvalue weighted by Gasteiger charge is 2.24. The third-order valence-electron chi connectivity index (χ3n) is 6.24. The number of amides is 1. The molecule has 4 rings (SSSR count). The fraction of sp³-hybridized carbons (Fsp3) is 0.440. The van der Waals surface area contributed by atoms with Gasteiger partial charge in [-0.3, -0.25) is 14.7 Å². The van der Waals surface area contributed by atoms with Crippen molar-refractivity contribution < 1.29 is 4.79 Å². The molecule has 1 amide bonds. The van der Waals surface area contributed by atoms with Gasteiger partial charge in [-0.15, -0.1) is 24.0 Å². The largest absolute Gasteiger partial charge is 0.355 e. The first kappa shape index (κ1) is 24.5. The molecule has 0 saturated carbocycles. The molecule has 0 aromatic heterocycles. The molecule has 2 aliphatic heterocycles. The Morgan fingerprint density at radius 3 is 2.47 bits per heavy atom. The van der Waals surface area contributed by atoms with Gasteiger partial charge >= 0.3 is 0 Å². The lowest BCUT2D eigenvalue weighted by Crippen LogP contribution is -2.44. The number of nitrogens with one attached hydrogen (secondary N) is 2. The van der Waals surface area contributed by atoms with E-state index < -0.39 is 0 Å². The summed E-state index contributed by atoms with van der Waals surface area (Å²) in [5.41, 5.74) is 3.54. The summed E-state index contributed by atoms with van der Waals surface area (Å²) in [6, 6.07) is 19.5. The summed E-state index contributed by atoms with van der Waals surface area (Å²) in [6.07, 6.45) is 4.08. The average Bonchev–Trinajstić information content (AvgIpc) is 3.43. The van der Waals surface area contributed by atoms with E-state index in [9.17, 15) is 4.79 Å². The molecule has 2 fully saturated rings. The summed E-state index contributed by atoms with van der Waals surface area (Å²) in [5.74, 6) is 1.05. The highest BCUT2D eigenvalue weighted by atomic mass is 127. The quantitative estimate of drug-likeness (QED) is 0.315. The van der Waals surface area contributed by atoms with Crippen LogP contribution in [0.25, 0.3) is 0 Å². The molecule has 0 radical (unpaired) electrons. The first-order valence-corrected chi connectivity index (χ1v) is 11.3. The van der Waals surface area contributed by atoms with Gasteiger partial charge in [-0.2, -0.15) is 0 Å². The van der Waals surface area contributed by atoms with Crippen molar-refractivity contribution in [2.45, 2.75) is 44.8 Å². The zero-order valence-corrected chi connectivity index (χ0v) is 21.1. The van der Waals surface area contributed by atoms with Crippen molar-refractivity contribution in [3.8, 4) is 0 Å². The lowest BCUT2D eigenvalue weighted by molar-refractivity contribution is -0.117. The van der Waals surface area contributed by atoms with E-state index in [1.807, 2.05) is 24.1 Å². The molecule has 2 heterocycles. The highest BCUT2D eigenvalue weighted by Crippen LogP contribution is 2.22. The first-order valence-electron chi connectivity index (χ1n) is 11.3. The molecule has 0 spiro atoms. The maximum absolute atomic E-state index is 11.9. The Labute approximate surface area is 208 Å². The van der Waals surface area contributed by atoms with Crippen molar-refractivity contribution >= 4 is 41.5 Å². The summed E-state index contributed by atoms with van der Waals surface area (Å²) in [7, 11) is 1.81. The van der Waals surface area contributed by atoms with Crippen molar-refractivity contribution in [1.82, 2.24) is 15.5 Å². The van der Waals surface area contributed by atoms with E-state index in [2.05, 4.69) is 63.0 Å². The molecule has 2 saturated heterocycles. The number of hydrogen-bond donors (Lipinski definition) is 2. The van der Waals surface area contributed by atoms with Crippen molar-refractivity contribution in [2.24, 2.45) is 4.99 Å². The van der Waals surface area contributed by atoms with Gasteiger partial charge in [0.25, 0.3) is 0 Å². The lowest BCUT2D eigenvalue weighted by Gasteiger charge is -2.25. The number of carbonyl (C=O) groups excluding carboxylic acids is 1. The second-order valence-electron chi connectivity index (χ2n) is 8.37. The molecule has 2 aromatic rings. The van der Waals surface area contributed by atoms with Gasteiger partial charge in [0.05, 0.1) is 0 Å². The summed E-state index contributed by atoms with van der Waals surface area (Å²) in [5, 5.41) is 6.92. The second kappa shape index (κ2) is 12.2. The molecule has 172 valence electrons. The third-order valence-corrected chi connectivity index (χ3v) is 6.24. The normalized spacial score (nSPS) is 19.2. The molecule has 2 aliphatic rings. The van der Waals surface area contributed by atoms with E-state index in [0.717, 1.165) is 44.2 Å². The van der Waals surface area contributed by atoms with Crippen LogP contribution in [0.3, 0.4) is 0 Å². The number of hydrogen-bond acceptors (Lipinski definition) is 3. The van der Waals surface area contributed by atoms with Crippen LogP contribution in [0.2, 0.25) is 0 Å². The van der Waals surface area contributed by atoms with Crippen molar-refractivity contribution in [1.29, 1.82) is 0 Å². The lowest BCUT2D eigenvalue weighted by atomic mass is 10.2. The molecule has 1 atom stereocenters. The van der Waals surface area contributed by atoms with Crippen LogP contribution in [0.5, 0.6) is 0 Å². The van der Waals surface area contributed by atoms with E-state index >= 15 is 0 Å². The Hall–Kier alpha value is -2.13. The SMILES string of the molecule is CN=C(NCc1ccc(N2CCCC2=O)cc1)NCC1CCCN1Cc1ccccc1.I. The number of anilines is 1. The number of benzene rings is 2. The Morgan fingerprint density at radius 1 is 1.00 bits per heavy atom. The van der Waals surface area contributed by atoms with Gasteiger partial charge in [-0.05, 0) is 49.1 Å². The fourth-order valence-electron chi connectivity index (χ4n) is 4.49. The summed E-state index contributed by atoms with van der Waals surface area (Å²) < 4.78 is 0. The minimum absolute atomic E-state index is 0. The fourth-order valence-corrected chi connectivity index (χ4v) is 4.49. The molecule has 6 nitrogen and oxygen atoms in total. The van der Waals surface area contributed by atoms with E-state index in [1.165, 1.54) is 24.0 Å². The van der Waals surface area contributed by atoms with Crippen molar-refractivity contribution in [2.75, 3.05) is 31.6 Å². The van der Waals surface area contributed by atoms with Crippen molar-refractivity contribution in [3.63, 3.8) is 0 Å². The molecule has 0 aliphatic carbocycles. The van der Waals surface area contributed by atoms with E-state index in [4.69, 9.17) is 0 Å².